The van der Waals surface area contributed by atoms with Crippen LogP contribution >= 0.6 is 15.9 Å². The first-order valence-corrected chi connectivity index (χ1v) is 8.34. The molecule has 4 nitrogen and oxygen atoms in total. The molecule has 112 valence electrons. The Hall–Kier alpha value is -1.28. The second-order valence-corrected chi connectivity index (χ2v) is 6.95. The molecule has 0 aliphatic carbocycles. The average molecular weight is 374 g/mol. The lowest BCUT2D eigenvalue weighted by Gasteiger charge is -2.09. The highest BCUT2D eigenvalue weighted by atomic mass is 79.9. The third-order valence-electron chi connectivity index (χ3n) is 2.91. The Morgan fingerprint density at radius 1 is 1.14 bits per heavy atom. The zero-order valence-electron chi connectivity index (χ0n) is 10.9. The van der Waals surface area contributed by atoms with E-state index in [1.165, 1.54) is 0 Å². The first-order chi connectivity index (χ1) is 9.94. The maximum atomic E-state index is 13.3. The first-order valence-electron chi connectivity index (χ1n) is 6.06. The molecular weight excluding hydrogens is 361 g/mol. The molecule has 0 saturated heterocycles. The van der Waals surface area contributed by atoms with Gasteiger partial charge in [0.05, 0.1) is 11.5 Å². The Labute approximate surface area is 130 Å². The van der Waals surface area contributed by atoms with Gasteiger partial charge >= 0.3 is 0 Å². The van der Waals surface area contributed by atoms with Crippen LogP contribution in [0.15, 0.2) is 51.8 Å². The van der Waals surface area contributed by atoms with E-state index >= 15 is 0 Å². The number of hydrogen-bond acceptors (Lipinski definition) is 3. The summed E-state index contributed by atoms with van der Waals surface area (Å²) >= 11 is 3.34. The van der Waals surface area contributed by atoms with Crippen molar-refractivity contribution in [1.82, 2.24) is 4.72 Å². The predicted octanol–water partition coefficient (Wildman–Crippen LogP) is 2.56. The third-order valence-corrected chi connectivity index (χ3v) is 5.08. The highest BCUT2D eigenvalue weighted by Crippen LogP contribution is 2.18. The van der Waals surface area contributed by atoms with Crippen molar-refractivity contribution in [2.75, 3.05) is 0 Å². The van der Waals surface area contributed by atoms with Gasteiger partial charge in [0.1, 0.15) is 5.82 Å². The van der Waals surface area contributed by atoms with Gasteiger partial charge in [0.15, 0.2) is 0 Å². The summed E-state index contributed by atoms with van der Waals surface area (Å²) in [5.74, 6) is -0.637. The van der Waals surface area contributed by atoms with Crippen molar-refractivity contribution in [2.24, 2.45) is 0 Å². The molecule has 0 radical (unpaired) electrons. The van der Waals surface area contributed by atoms with Crippen LogP contribution in [0.5, 0.6) is 0 Å². The van der Waals surface area contributed by atoms with Crippen molar-refractivity contribution in [3.05, 3.63) is 63.9 Å². The van der Waals surface area contributed by atoms with Crippen LogP contribution in [-0.4, -0.2) is 13.5 Å². The summed E-state index contributed by atoms with van der Waals surface area (Å²) < 4.78 is 40.8. The minimum atomic E-state index is -3.77. The highest BCUT2D eigenvalue weighted by Gasteiger charge is 2.16. The average Bonchev–Trinajstić information content (AvgIpc) is 2.46. The minimum Gasteiger partial charge on any atom is -0.392 e. The number of halogens is 2. The molecule has 0 heterocycles. The topological polar surface area (TPSA) is 66.4 Å². The summed E-state index contributed by atoms with van der Waals surface area (Å²) in [6, 6.07) is 10.5. The van der Waals surface area contributed by atoms with Gasteiger partial charge in [-0.15, -0.1) is 0 Å². The molecule has 0 fully saturated rings. The van der Waals surface area contributed by atoms with Gasteiger partial charge in [-0.3, -0.25) is 0 Å². The van der Waals surface area contributed by atoms with Gasteiger partial charge in [-0.25, -0.2) is 17.5 Å². The van der Waals surface area contributed by atoms with Crippen LogP contribution < -0.4 is 4.72 Å². The lowest BCUT2D eigenvalue weighted by Crippen LogP contribution is -2.23. The van der Waals surface area contributed by atoms with Gasteiger partial charge < -0.3 is 5.11 Å². The predicted molar refractivity (Wildman–Crippen MR) is 80.5 cm³/mol. The number of sulfonamides is 1. The molecule has 2 N–H and O–H groups in total. The molecule has 0 aliphatic rings. The number of aliphatic hydroxyl groups is 1. The van der Waals surface area contributed by atoms with E-state index in [1.807, 2.05) is 12.1 Å². The molecule has 2 rings (SSSR count). The standard InChI is InChI=1S/C14H13BrFNO3S/c15-13-4-2-1-3-10(13)8-17-21(19,20)12-5-6-14(16)11(7-12)9-18/h1-7,17-18H,8-9H2. The highest BCUT2D eigenvalue weighted by molar-refractivity contribution is 9.10. The summed E-state index contributed by atoms with van der Waals surface area (Å²) in [5, 5.41) is 8.99. The zero-order chi connectivity index (χ0) is 15.5. The van der Waals surface area contributed by atoms with Crippen LogP contribution in [0.2, 0.25) is 0 Å². The van der Waals surface area contributed by atoms with Crippen LogP contribution in [0.25, 0.3) is 0 Å². The van der Waals surface area contributed by atoms with Gasteiger partial charge in [-0.1, -0.05) is 34.1 Å². The SMILES string of the molecule is O=S(=O)(NCc1ccccc1Br)c1ccc(F)c(CO)c1. The Morgan fingerprint density at radius 3 is 2.52 bits per heavy atom. The molecule has 0 aromatic heterocycles. The molecular formula is C14H13BrFNO3S. The van der Waals surface area contributed by atoms with Crippen LogP contribution in [0.3, 0.4) is 0 Å². The van der Waals surface area contributed by atoms with Gasteiger partial charge in [0.2, 0.25) is 10.0 Å². The molecule has 2 aromatic carbocycles. The van der Waals surface area contributed by atoms with Crippen LogP contribution in [-0.2, 0) is 23.2 Å². The van der Waals surface area contributed by atoms with Crippen molar-refractivity contribution in [3.8, 4) is 0 Å². The van der Waals surface area contributed by atoms with E-state index in [0.29, 0.717) is 0 Å². The molecule has 21 heavy (non-hydrogen) atoms. The van der Waals surface area contributed by atoms with E-state index in [-0.39, 0.29) is 17.0 Å². The number of rotatable bonds is 5. The van der Waals surface area contributed by atoms with Gasteiger partial charge in [0, 0.05) is 16.6 Å². The smallest absolute Gasteiger partial charge is 0.240 e. The number of aliphatic hydroxyl groups excluding tert-OH is 1. The summed E-state index contributed by atoms with van der Waals surface area (Å²) in [6.07, 6.45) is 0. The van der Waals surface area contributed by atoms with E-state index in [4.69, 9.17) is 5.11 Å². The fraction of sp³-hybridized carbons (Fsp3) is 0.143. The van der Waals surface area contributed by atoms with Crippen LogP contribution in [0, 0.1) is 5.82 Å². The Balaban J connectivity index is 2.21. The second-order valence-electron chi connectivity index (χ2n) is 4.33. The number of nitrogens with one attached hydrogen (secondary N) is 1. The second kappa shape index (κ2) is 6.65. The Bertz CT molecular complexity index is 750. The normalized spacial score (nSPS) is 11.6. The fourth-order valence-electron chi connectivity index (χ4n) is 1.74. The molecule has 2 aromatic rings. The molecule has 0 atom stereocenters. The first kappa shape index (κ1) is 16.1. The number of benzene rings is 2. The van der Waals surface area contributed by atoms with Crippen molar-refractivity contribution in [1.29, 1.82) is 0 Å². The van der Waals surface area contributed by atoms with Gasteiger partial charge in [-0.2, -0.15) is 0 Å². The monoisotopic (exact) mass is 373 g/mol. The Morgan fingerprint density at radius 2 is 1.86 bits per heavy atom. The molecule has 7 heteroatoms. The summed E-state index contributed by atoms with van der Waals surface area (Å²) in [4.78, 5) is -0.0833. The maximum absolute atomic E-state index is 13.3. The van der Waals surface area contributed by atoms with Gasteiger partial charge in [0.25, 0.3) is 0 Å². The van der Waals surface area contributed by atoms with Crippen LogP contribution in [0.4, 0.5) is 4.39 Å². The molecule has 0 amide bonds. The van der Waals surface area contributed by atoms with Crippen LogP contribution in [0.1, 0.15) is 11.1 Å². The van der Waals surface area contributed by atoms with E-state index in [9.17, 15) is 12.8 Å². The quantitative estimate of drug-likeness (QED) is 0.846. The third kappa shape index (κ3) is 3.88. The van der Waals surface area contributed by atoms with E-state index in [1.54, 1.807) is 12.1 Å². The van der Waals surface area contributed by atoms with Crippen molar-refractivity contribution >= 4 is 26.0 Å². The molecule has 0 aliphatic heterocycles. The van der Waals surface area contributed by atoms with Crippen molar-refractivity contribution in [2.45, 2.75) is 18.0 Å². The molecule has 0 bridgehead atoms. The van der Waals surface area contributed by atoms with Crippen molar-refractivity contribution in [3.63, 3.8) is 0 Å². The zero-order valence-corrected chi connectivity index (χ0v) is 13.3. The fourth-order valence-corrected chi connectivity index (χ4v) is 3.22. The van der Waals surface area contributed by atoms with E-state index < -0.39 is 22.4 Å². The summed E-state index contributed by atoms with van der Waals surface area (Å²) in [7, 11) is -3.77. The summed E-state index contributed by atoms with van der Waals surface area (Å²) in [6.45, 7) is -0.449. The van der Waals surface area contributed by atoms with Gasteiger partial charge in [-0.05, 0) is 29.8 Å². The van der Waals surface area contributed by atoms with E-state index in [0.717, 1.165) is 28.2 Å². The molecule has 0 unspecified atom stereocenters. The molecule has 0 saturated carbocycles. The summed E-state index contributed by atoms with van der Waals surface area (Å²) in [5.41, 5.74) is 0.726. The minimum absolute atomic E-state index is 0.0567. The van der Waals surface area contributed by atoms with Crippen molar-refractivity contribution < 1.29 is 17.9 Å². The lowest BCUT2D eigenvalue weighted by molar-refractivity contribution is 0.275. The molecule has 0 spiro atoms. The maximum Gasteiger partial charge on any atom is 0.240 e. The number of hydrogen-bond donors (Lipinski definition) is 2. The Kier molecular flexibility index (Phi) is 5.10. The lowest BCUT2D eigenvalue weighted by atomic mass is 10.2. The van der Waals surface area contributed by atoms with E-state index in [2.05, 4.69) is 20.7 Å². The largest absolute Gasteiger partial charge is 0.392 e.